The summed E-state index contributed by atoms with van der Waals surface area (Å²) in [7, 11) is 0. The molecule has 7 heteroatoms. The van der Waals surface area contributed by atoms with E-state index < -0.39 is 5.97 Å². The molecule has 1 aliphatic carbocycles. The third-order valence-corrected chi connectivity index (χ3v) is 6.45. The van der Waals surface area contributed by atoms with Gasteiger partial charge in [-0.15, -0.1) is 0 Å². The average molecular weight is 485 g/mol. The van der Waals surface area contributed by atoms with Crippen LogP contribution in [0.2, 0.25) is 0 Å². The van der Waals surface area contributed by atoms with Gasteiger partial charge in [0.05, 0.1) is 11.4 Å². The van der Waals surface area contributed by atoms with E-state index in [1.807, 2.05) is 33.8 Å². The fourth-order valence-electron chi connectivity index (χ4n) is 3.45. The predicted molar refractivity (Wildman–Crippen MR) is 137 cm³/mol. The molecule has 2 rings (SSSR count). The Kier molecular flexibility index (Phi) is 10.7. The molecule has 1 heterocycles. The van der Waals surface area contributed by atoms with E-state index in [0.29, 0.717) is 16.7 Å². The van der Waals surface area contributed by atoms with Gasteiger partial charge in [-0.25, -0.2) is 9.78 Å². The molecule has 1 saturated carbocycles. The van der Waals surface area contributed by atoms with Gasteiger partial charge in [0.25, 0.3) is 0 Å². The number of ether oxygens (including phenoxy) is 1. The largest absolute Gasteiger partial charge is 0.477 e. The number of aliphatic carboxylic acids is 1. The molecule has 1 N–H and O–H groups in total. The van der Waals surface area contributed by atoms with Crippen LogP contribution in [0.25, 0.3) is 0 Å². The maximum Gasteiger partial charge on any atom is 0.344 e. The monoisotopic (exact) mass is 484 g/mol. The predicted octanol–water partition coefficient (Wildman–Crippen LogP) is 5.73. The molecule has 1 aromatic rings. The summed E-state index contributed by atoms with van der Waals surface area (Å²) in [5.41, 5.74) is -0.204. The number of hydrogen-bond acceptors (Lipinski definition) is 5. The van der Waals surface area contributed by atoms with Crippen LogP contribution >= 0.6 is 11.8 Å². The number of hydrogen-bond donors (Lipinski definition) is 1. The third kappa shape index (κ3) is 9.64. The Hall–Kier alpha value is -2.72. The number of nitrogens with zero attached hydrogens (tertiary/aromatic N) is 2. The summed E-state index contributed by atoms with van der Waals surface area (Å²) in [6, 6.07) is 5.37. The van der Waals surface area contributed by atoms with Crippen LogP contribution in [0.1, 0.15) is 60.3 Å². The van der Waals surface area contributed by atoms with Gasteiger partial charge >= 0.3 is 5.97 Å². The molecule has 1 aliphatic rings. The minimum atomic E-state index is -1.09. The van der Waals surface area contributed by atoms with Gasteiger partial charge in [0, 0.05) is 29.8 Å². The van der Waals surface area contributed by atoms with Gasteiger partial charge in [-0.3, -0.25) is 4.79 Å². The molecule has 0 bridgehead atoms. The van der Waals surface area contributed by atoms with Crippen LogP contribution in [0.4, 0.5) is 0 Å². The van der Waals surface area contributed by atoms with Crippen LogP contribution in [0.3, 0.4) is 0 Å². The van der Waals surface area contributed by atoms with E-state index in [9.17, 15) is 14.7 Å². The number of pyridine rings is 1. The highest BCUT2D eigenvalue weighted by Gasteiger charge is 2.28. The highest BCUT2D eigenvalue weighted by atomic mass is 32.2. The lowest BCUT2D eigenvalue weighted by Gasteiger charge is -2.29. The molecule has 0 spiro atoms. The Morgan fingerprint density at radius 3 is 2.53 bits per heavy atom. The average Bonchev–Trinajstić information content (AvgIpc) is 2.80. The summed E-state index contributed by atoms with van der Waals surface area (Å²) < 4.78 is 5.69. The summed E-state index contributed by atoms with van der Waals surface area (Å²) >= 11 is 1.06. The van der Waals surface area contributed by atoms with Crippen molar-refractivity contribution < 1.29 is 19.4 Å². The van der Waals surface area contributed by atoms with Crippen molar-refractivity contribution in [2.45, 2.75) is 60.3 Å². The Morgan fingerprint density at radius 1 is 1.26 bits per heavy atom. The summed E-state index contributed by atoms with van der Waals surface area (Å²) in [5, 5.41) is 9.88. The first-order chi connectivity index (χ1) is 16.1. The van der Waals surface area contributed by atoms with Gasteiger partial charge in [-0.2, -0.15) is 0 Å². The summed E-state index contributed by atoms with van der Waals surface area (Å²) in [6.07, 6.45) is 8.51. The second-order valence-electron chi connectivity index (χ2n) is 9.56. The Labute approximate surface area is 207 Å². The second-order valence-corrected chi connectivity index (χ2v) is 10.6. The van der Waals surface area contributed by atoms with E-state index in [1.54, 1.807) is 24.4 Å². The molecule has 0 radical (unpaired) electrons. The molecule has 0 aromatic carbocycles. The van der Waals surface area contributed by atoms with Crippen LogP contribution in [0.15, 0.2) is 46.5 Å². The lowest BCUT2D eigenvalue weighted by atomic mass is 9.82. The molecule has 1 fully saturated rings. The third-order valence-electron chi connectivity index (χ3n) is 5.39. The van der Waals surface area contributed by atoms with Crippen molar-refractivity contribution in [3.63, 3.8) is 0 Å². The minimum absolute atomic E-state index is 0.0478. The first kappa shape index (κ1) is 27.5. The SMILES string of the molecule is C/C=C(/C#CC(C)(C)C)S/C(=C/N(CCOc1ccccn1)C(=O)C1CCC(C)CC1)C(=O)O. The van der Waals surface area contributed by atoms with Gasteiger partial charge in [-0.1, -0.05) is 42.7 Å². The topological polar surface area (TPSA) is 79.7 Å². The number of allylic oxidation sites excluding steroid dienone is 2. The van der Waals surface area contributed by atoms with Crippen molar-refractivity contribution in [2.75, 3.05) is 13.2 Å². The molecule has 34 heavy (non-hydrogen) atoms. The van der Waals surface area contributed by atoms with Crippen molar-refractivity contribution in [3.8, 4) is 17.7 Å². The van der Waals surface area contributed by atoms with Crippen molar-refractivity contribution in [3.05, 3.63) is 46.5 Å². The van der Waals surface area contributed by atoms with Crippen molar-refractivity contribution >= 4 is 23.6 Å². The van der Waals surface area contributed by atoms with Crippen molar-refractivity contribution in [1.29, 1.82) is 0 Å². The first-order valence-electron chi connectivity index (χ1n) is 11.8. The zero-order chi connectivity index (χ0) is 25.1. The molecule has 184 valence electrons. The van der Waals surface area contributed by atoms with Gasteiger partial charge in [0.15, 0.2) is 0 Å². The molecule has 0 atom stereocenters. The van der Waals surface area contributed by atoms with E-state index in [-0.39, 0.29) is 35.3 Å². The number of thioether (sulfide) groups is 1. The van der Waals surface area contributed by atoms with Crippen LogP contribution in [0.5, 0.6) is 5.88 Å². The Morgan fingerprint density at radius 2 is 1.97 bits per heavy atom. The lowest BCUT2D eigenvalue weighted by molar-refractivity contribution is -0.134. The van der Waals surface area contributed by atoms with E-state index in [1.165, 1.54) is 11.1 Å². The van der Waals surface area contributed by atoms with E-state index in [2.05, 4.69) is 23.7 Å². The molecule has 0 unspecified atom stereocenters. The van der Waals surface area contributed by atoms with Crippen LogP contribution in [-0.4, -0.2) is 40.0 Å². The van der Waals surface area contributed by atoms with E-state index in [4.69, 9.17) is 4.74 Å². The number of amides is 1. The fraction of sp³-hybridized carbons (Fsp3) is 0.519. The highest BCUT2D eigenvalue weighted by Crippen LogP contribution is 2.31. The van der Waals surface area contributed by atoms with Gasteiger partial charge in [0.2, 0.25) is 11.8 Å². The first-order valence-corrected chi connectivity index (χ1v) is 12.6. The maximum atomic E-state index is 13.4. The smallest absolute Gasteiger partial charge is 0.344 e. The number of carboxylic acids is 1. The molecule has 0 saturated heterocycles. The Balaban J connectivity index is 2.24. The molecule has 6 nitrogen and oxygen atoms in total. The second kappa shape index (κ2) is 13.2. The number of carbonyl (C=O) groups is 2. The summed E-state index contributed by atoms with van der Waals surface area (Å²) in [5.74, 6) is 6.02. The van der Waals surface area contributed by atoms with Crippen molar-refractivity contribution in [1.82, 2.24) is 9.88 Å². The quantitative estimate of drug-likeness (QED) is 0.356. The number of carboxylic acid groups (broad SMARTS) is 1. The molecular weight excluding hydrogens is 448 g/mol. The molecular formula is C27H36N2O4S. The van der Waals surface area contributed by atoms with E-state index in [0.717, 1.165) is 37.4 Å². The lowest BCUT2D eigenvalue weighted by Crippen LogP contribution is -2.37. The minimum Gasteiger partial charge on any atom is -0.477 e. The highest BCUT2D eigenvalue weighted by molar-refractivity contribution is 8.07. The maximum absolute atomic E-state index is 13.4. The standard InChI is InChI=1S/C27H36N2O4S/c1-6-22(14-15-27(3,4)5)34-23(26(31)32)19-29(17-18-33-24-9-7-8-16-28-24)25(30)21-12-10-20(2)11-13-21/h6-9,16,19-21H,10-13,17-18H2,1-5H3,(H,31,32)/b22-6-,23-19+. The fourth-order valence-corrected chi connectivity index (χ4v) is 4.18. The summed E-state index contributed by atoms with van der Waals surface area (Å²) in [6.45, 7) is 10.5. The normalized spacial score (nSPS) is 19.1. The summed E-state index contributed by atoms with van der Waals surface area (Å²) in [4.78, 5) is 31.8. The Bertz CT molecular complexity index is 946. The van der Waals surface area contributed by atoms with Crippen LogP contribution < -0.4 is 4.74 Å². The van der Waals surface area contributed by atoms with Gasteiger partial charge in [-0.05, 0) is 65.4 Å². The number of carbonyl (C=O) groups excluding carboxylic acids is 1. The number of aromatic nitrogens is 1. The van der Waals surface area contributed by atoms with Crippen LogP contribution in [0, 0.1) is 29.1 Å². The molecule has 0 aliphatic heterocycles. The zero-order valence-electron chi connectivity index (χ0n) is 20.8. The van der Waals surface area contributed by atoms with Crippen LogP contribution in [-0.2, 0) is 9.59 Å². The molecule has 1 aromatic heterocycles. The van der Waals surface area contributed by atoms with E-state index >= 15 is 0 Å². The number of rotatable bonds is 9. The van der Waals surface area contributed by atoms with Gasteiger partial charge in [0.1, 0.15) is 11.5 Å². The molecule has 1 amide bonds. The van der Waals surface area contributed by atoms with Crippen molar-refractivity contribution in [2.24, 2.45) is 17.3 Å². The van der Waals surface area contributed by atoms with Gasteiger partial charge < -0.3 is 14.7 Å². The zero-order valence-corrected chi connectivity index (χ0v) is 21.7.